The van der Waals surface area contributed by atoms with Gasteiger partial charge < -0.3 is 10.1 Å². The second-order valence-electron chi connectivity index (χ2n) is 8.93. The van der Waals surface area contributed by atoms with Gasteiger partial charge >= 0.3 is 5.97 Å². The Morgan fingerprint density at radius 3 is 1.55 bits per heavy atom. The number of rotatable bonds is 21. The molecular weight excluding hydrogens is 426 g/mol. The number of hydrogen-bond acceptors (Lipinski definition) is 3. The van der Waals surface area contributed by atoms with Gasteiger partial charge in [-0.05, 0) is 26.8 Å². The summed E-state index contributed by atoms with van der Waals surface area (Å²) in [6.45, 7) is 11.2. The predicted octanol–water partition coefficient (Wildman–Crippen LogP) is 7.92. The molecule has 0 heterocycles. The van der Waals surface area contributed by atoms with E-state index in [0.29, 0.717) is 6.61 Å². The van der Waals surface area contributed by atoms with Crippen LogP contribution < -0.4 is 5.32 Å². The minimum atomic E-state index is -0.350. The van der Waals surface area contributed by atoms with Gasteiger partial charge in [0.15, 0.2) is 0 Å². The average molecular weight is 477 g/mol. The van der Waals surface area contributed by atoms with Gasteiger partial charge in [-0.25, -0.2) is 4.79 Å². The third kappa shape index (κ3) is 23.8. The first-order valence-corrected chi connectivity index (χ1v) is 12.1. The molecule has 0 fully saturated rings. The lowest BCUT2D eigenvalue weighted by Gasteiger charge is -2.25. The van der Waals surface area contributed by atoms with Gasteiger partial charge in [-0.1, -0.05) is 110 Å². The smallest absolute Gasteiger partial charge is 0.330 e. The summed E-state index contributed by atoms with van der Waals surface area (Å²) in [5.41, 5.74) is -0.172. The number of nitrogens with one attached hydrogen (secondary N) is 1. The van der Waals surface area contributed by atoms with E-state index >= 15 is 0 Å². The molecule has 0 aromatic carbocycles. The highest BCUT2D eigenvalue weighted by atomic mass is 79.9. The Kier molecular flexibility index (Phi) is 23.8. The molecule has 0 saturated carbocycles. The van der Waals surface area contributed by atoms with E-state index < -0.39 is 0 Å². The van der Waals surface area contributed by atoms with E-state index in [4.69, 9.17) is 4.74 Å². The highest BCUT2D eigenvalue weighted by molar-refractivity contribution is 8.93. The van der Waals surface area contributed by atoms with Crippen molar-refractivity contribution in [2.24, 2.45) is 0 Å². The van der Waals surface area contributed by atoms with Gasteiger partial charge in [-0.15, -0.1) is 17.0 Å². The van der Waals surface area contributed by atoms with Crippen molar-refractivity contribution in [1.29, 1.82) is 0 Å². The molecule has 0 aliphatic rings. The standard InChI is InChI=1S/C25H49NO2.BrH/c1-5-7-8-9-10-11-12-13-14-15-16-17-18-19-20-21-22-26-25(3,4)23-28-24(27)6-2;/h6,26H,2,5,7-23H2,1,3-4H3;1H. The SMILES string of the molecule is Br.C=CC(=O)OCC(C)(C)NCCCCCCCCCCCCCCCCCC. The van der Waals surface area contributed by atoms with E-state index in [2.05, 4.69) is 32.7 Å². The molecule has 0 aromatic heterocycles. The van der Waals surface area contributed by atoms with Gasteiger partial charge in [-0.3, -0.25) is 0 Å². The zero-order chi connectivity index (χ0) is 20.9. The highest BCUT2D eigenvalue weighted by Crippen LogP contribution is 2.13. The molecule has 0 aliphatic heterocycles. The molecule has 3 nitrogen and oxygen atoms in total. The van der Waals surface area contributed by atoms with Crippen LogP contribution in [0.15, 0.2) is 12.7 Å². The maximum Gasteiger partial charge on any atom is 0.330 e. The fourth-order valence-corrected chi connectivity index (χ4v) is 3.46. The third-order valence-corrected chi connectivity index (χ3v) is 5.38. The minimum absolute atomic E-state index is 0. The molecule has 174 valence electrons. The van der Waals surface area contributed by atoms with Crippen LogP contribution in [0.4, 0.5) is 0 Å². The average Bonchev–Trinajstić information content (AvgIpc) is 2.68. The van der Waals surface area contributed by atoms with E-state index in [-0.39, 0.29) is 28.5 Å². The molecule has 29 heavy (non-hydrogen) atoms. The molecule has 0 amide bonds. The molecule has 0 spiro atoms. The number of hydrogen-bond donors (Lipinski definition) is 1. The largest absolute Gasteiger partial charge is 0.461 e. The maximum absolute atomic E-state index is 11.1. The topological polar surface area (TPSA) is 38.3 Å². The van der Waals surface area contributed by atoms with Crippen molar-refractivity contribution in [3.8, 4) is 0 Å². The fourth-order valence-electron chi connectivity index (χ4n) is 3.46. The second-order valence-corrected chi connectivity index (χ2v) is 8.93. The highest BCUT2D eigenvalue weighted by Gasteiger charge is 2.18. The molecule has 0 saturated heterocycles. The van der Waals surface area contributed by atoms with E-state index in [0.717, 1.165) is 6.54 Å². The van der Waals surface area contributed by atoms with Crippen LogP contribution in [0, 0.1) is 0 Å². The van der Waals surface area contributed by atoms with Crippen molar-refractivity contribution in [3.63, 3.8) is 0 Å². The molecule has 0 rings (SSSR count). The Bertz CT molecular complexity index is 372. The van der Waals surface area contributed by atoms with E-state index in [1.807, 2.05) is 0 Å². The van der Waals surface area contributed by atoms with Gasteiger partial charge in [0, 0.05) is 11.6 Å². The van der Waals surface area contributed by atoms with Crippen LogP contribution in [0.25, 0.3) is 0 Å². The van der Waals surface area contributed by atoms with Crippen LogP contribution >= 0.6 is 17.0 Å². The molecule has 4 heteroatoms. The lowest BCUT2D eigenvalue weighted by molar-refractivity contribution is -0.139. The summed E-state index contributed by atoms with van der Waals surface area (Å²) in [4.78, 5) is 11.1. The third-order valence-electron chi connectivity index (χ3n) is 5.38. The summed E-state index contributed by atoms with van der Waals surface area (Å²) < 4.78 is 5.12. The first kappa shape index (κ1) is 30.8. The maximum atomic E-state index is 11.1. The van der Waals surface area contributed by atoms with E-state index in [1.165, 1.54) is 109 Å². The molecular formula is C25H50BrNO2. The van der Waals surface area contributed by atoms with Crippen LogP contribution in [0.1, 0.15) is 124 Å². The molecule has 1 N–H and O–H groups in total. The van der Waals surface area contributed by atoms with Gasteiger partial charge in [0.05, 0.1) is 0 Å². The van der Waals surface area contributed by atoms with Crippen LogP contribution in [0.3, 0.4) is 0 Å². The Morgan fingerprint density at radius 1 is 0.793 bits per heavy atom. The number of carbonyl (C=O) groups is 1. The van der Waals surface area contributed by atoms with Crippen molar-refractivity contribution in [3.05, 3.63) is 12.7 Å². The first-order chi connectivity index (χ1) is 13.5. The lowest BCUT2D eigenvalue weighted by Crippen LogP contribution is -2.44. The zero-order valence-electron chi connectivity index (χ0n) is 19.7. The Morgan fingerprint density at radius 2 is 1.17 bits per heavy atom. The number of unbranched alkanes of at least 4 members (excludes halogenated alkanes) is 15. The van der Waals surface area contributed by atoms with Crippen LogP contribution in [0.2, 0.25) is 0 Å². The summed E-state index contributed by atoms with van der Waals surface area (Å²) in [6.07, 6.45) is 23.5. The van der Waals surface area contributed by atoms with Crippen molar-refractivity contribution in [2.75, 3.05) is 13.2 Å². The molecule has 0 unspecified atom stereocenters. The Hall–Kier alpha value is -0.350. The molecule has 0 aromatic rings. The molecule has 0 atom stereocenters. The first-order valence-electron chi connectivity index (χ1n) is 12.1. The van der Waals surface area contributed by atoms with Crippen molar-refractivity contribution in [2.45, 2.75) is 129 Å². The van der Waals surface area contributed by atoms with E-state index in [1.54, 1.807) is 0 Å². The van der Waals surface area contributed by atoms with Crippen LogP contribution in [-0.2, 0) is 9.53 Å². The van der Waals surface area contributed by atoms with Gasteiger partial charge in [-0.2, -0.15) is 0 Å². The monoisotopic (exact) mass is 475 g/mol. The van der Waals surface area contributed by atoms with Gasteiger partial charge in [0.1, 0.15) is 6.61 Å². The fraction of sp³-hybridized carbons (Fsp3) is 0.880. The summed E-state index contributed by atoms with van der Waals surface area (Å²) >= 11 is 0. The summed E-state index contributed by atoms with van der Waals surface area (Å²) in [5, 5.41) is 3.48. The number of carbonyl (C=O) groups excluding carboxylic acids is 1. The summed E-state index contributed by atoms with van der Waals surface area (Å²) in [6, 6.07) is 0. The molecule has 0 aliphatic carbocycles. The number of esters is 1. The minimum Gasteiger partial charge on any atom is -0.461 e. The van der Waals surface area contributed by atoms with Crippen LogP contribution in [0.5, 0.6) is 0 Å². The lowest BCUT2D eigenvalue weighted by atomic mass is 10.0. The predicted molar refractivity (Wildman–Crippen MR) is 133 cm³/mol. The molecule has 0 bridgehead atoms. The quantitative estimate of drug-likeness (QED) is 0.104. The summed E-state index contributed by atoms with van der Waals surface area (Å²) in [7, 11) is 0. The van der Waals surface area contributed by atoms with Gasteiger partial charge in [0.25, 0.3) is 0 Å². The molecule has 0 radical (unpaired) electrons. The van der Waals surface area contributed by atoms with Gasteiger partial charge in [0.2, 0.25) is 0 Å². The second kappa shape index (κ2) is 22.3. The Balaban J connectivity index is 0. The zero-order valence-corrected chi connectivity index (χ0v) is 21.5. The van der Waals surface area contributed by atoms with E-state index in [9.17, 15) is 4.79 Å². The number of halogens is 1. The van der Waals surface area contributed by atoms with Crippen molar-refractivity contribution < 1.29 is 9.53 Å². The van der Waals surface area contributed by atoms with Crippen molar-refractivity contribution in [1.82, 2.24) is 5.32 Å². The normalized spacial score (nSPS) is 11.1. The number of ether oxygens (including phenoxy) is 1. The summed E-state index contributed by atoms with van der Waals surface area (Å²) in [5.74, 6) is -0.350. The van der Waals surface area contributed by atoms with Crippen LogP contribution in [-0.4, -0.2) is 24.7 Å². The Labute approximate surface area is 192 Å². The van der Waals surface area contributed by atoms with Crippen molar-refractivity contribution >= 4 is 23.0 Å².